The van der Waals surface area contributed by atoms with Crippen LogP contribution in [0, 0.1) is 0 Å². The Morgan fingerprint density at radius 1 is 1.03 bits per heavy atom. The van der Waals surface area contributed by atoms with Gasteiger partial charge in [0.25, 0.3) is 0 Å². The average molecular weight is 417 g/mol. The summed E-state index contributed by atoms with van der Waals surface area (Å²) >= 11 is 0. The summed E-state index contributed by atoms with van der Waals surface area (Å²) in [6.45, 7) is 3.68. The van der Waals surface area contributed by atoms with Crippen LogP contribution in [-0.4, -0.2) is 42.9 Å². The van der Waals surface area contributed by atoms with Gasteiger partial charge in [-0.1, -0.05) is 18.2 Å². The minimum Gasteiger partial charge on any atom is -0.497 e. The number of nitrogens with zero attached hydrogens (tertiary/aromatic N) is 4. The molecule has 0 bridgehead atoms. The normalized spacial score (nSPS) is 16.7. The Morgan fingerprint density at radius 3 is 2.55 bits per heavy atom. The van der Waals surface area contributed by atoms with Crippen molar-refractivity contribution in [3.8, 4) is 5.75 Å². The van der Waals surface area contributed by atoms with E-state index in [4.69, 9.17) is 9.72 Å². The molecule has 2 N–H and O–H groups in total. The third-order valence-corrected chi connectivity index (χ3v) is 6.01. The number of nitrogens with one attached hydrogen (secondary N) is 2. The van der Waals surface area contributed by atoms with E-state index < -0.39 is 0 Å². The first-order valence-corrected chi connectivity index (χ1v) is 10.8. The summed E-state index contributed by atoms with van der Waals surface area (Å²) in [6.07, 6.45) is 4.19. The molecule has 1 saturated heterocycles. The van der Waals surface area contributed by atoms with Gasteiger partial charge in [0.1, 0.15) is 11.6 Å². The fourth-order valence-electron chi connectivity index (χ4n) is 4.35. The summed E-state index contributed by atoms with van der Waals surface area (Å²) in [7, 11) is 1.70. The van der Waals surface area contributed by atoms with Gasteiger partial charge < -0.3 is 25.2 Å². The topological polar surface area (TPSA) is 65.5 Å². The van der Waals surface area contributed by atoms with Gasteiger partial charge >= 0.3 is 0 Å². The van der Waals surface area contributed by atoms with Crippen LogP contribution in [0.25, 0.3) is 0 Å². The molecular formula is C24H28N6O. The van der Waals surface area contributed by atoms with Gasteiger partial charge in [-0.2, -0.15) is 4.98 Å². The average Bonchev–Trinajstić information content (AvgIpc) is 2.84. The van der Waals surface area contributed by atoms with E-state index in [0.717, 1.165) is 62.0 Å². The number of para-hydroxylation sites is 1. The zero-order valence-corrected chi connectivity index (χ0v) is 17.8. The summed E-state index contributed by atoms with van der Waals surface area (Å²) in [6, 6.07) is 18.8. The van der Waals surface area contributed by atoms with Gasteiger partial charge in [0.15, 0.2) is 0 Å². The highest BCUT2D eigenvalue weighted by Crippen LogP contribution is 2.33. The van der Waals surface area contributed by atoms with Crippen LogP contribution in [0.5, 0.6) is 5.75 Å². The monoisotopic (exact) mass is 416 g/mol. The van der Waals surface area contributed by atoms with Crippen LogP contribution in [0.3, 0.4) is 0 Å². The highest BCUT2D eigenvalue weighted by molar-refractivity contribution is 5.61. The number of hydrogen-bond acceptors (Lipinski definition) is 7. The molecule has 0 radical (unpaired) electrons. The van der Waals surface area contributed by atoms with Crippen LogP contribution >= 0.6 is 0 Å². The van der Waals surface area contributed by atoms with Crippen LogP contribution in [0.1, 0.15) is 18.4 Å². The molecular weight excluding hydrogens is 388 g/mol. The van der Waals surface area contributed by atoms with Crippen molar-refractivity contribution in [2.24, 2.45) is 0 Å². The fraction of sp³-hybridized carbons (Fsp3) is 0.333. The molecule has 5 rings (SSSR count). The molecule has 160 valence electrons. The molecule has 1 aromatic heterocycles. The number of hydrogen-bond donors (Lipinski definition) is 2. The molecule has 3 aromatic rings. The molecule has 7 nitrogen and oxygen atoms in total. The van der Waals surface area contributed by atoms with Crippen LogP contribution in [-0.2, 0) is 6.54 Å². The molecule has 7 heteroatoms. The van der Waals surface area contributed by atoms with Gasteiger partial charge in [-0.05, 0) is 62.3 Å². The van der Waals surface area contributed by atoms with Crippen molar-refractivity contribution in [3.63, 3.8) is 0 Å². The molecule has 0 amide bonds. The first kappa shape index (κ1) is 19.6. The zero-order valence-electron chi connectivity index (χ0n) is 17.8. The maximum atomic E-state index is 5.33. The number of ether oxygens (including phenoxy) is 1. The maximum absolute atomic E-state index is 5.33. The smallest absolute Gasteiger partial charge is 0.229 e. The predicted molar refractivity (Wildman–Crippen MR) is 124 cm³/mol. The molecule has 1 fully saturated rings. The highest BCUT2D eigenvalue weighted by atomic mass is 16.5. The van der Waals surface area contributed by atoms with Crippen LogP contribution in [0.15, 0.2) is 60.8 Å². The van der Waals surface area contributed by atoms with E-state index in [0.29, 0.717) is 12.0 Å². The van der Waals surface area contributed by atoms with Gasteiger partial charge in [-0.3, -0.25) is 0 Å². The Labute approximate surface area is 183 Å². The molecule has 0 unspecified atom stereocenters. The summed E-state index contributed by atoms with van der Waals surface area (Å²) < 4.78 is 5.33. The molecule has 31 heavy (non-hydrogen) atoms. The van der Waals surface area contributed by atoms with Crippen molar-refractivity contribution in [1.29, 1.82) is 0 Å². The van der Waals surface area contributed by atoms with Gasteiger partial charge in [0, 0.05) is 35.7 Å². The lowest BCUT2D eigenvalue weighted by molar-refractivity contribution is 0.414. The lowest BCUT2D eigenvalue weighted by Gasteiger charge is -2.44. The molecule has 0 aliphatic carbocycles. The Kier molecular flexibility index (Phi) is 5.58. The van der Waals surface area contributed by atoms with Gasteiger partial charge in [-0.25, -0.2) is 4.98 Å². The van der Waals surface area contributed by atoms with Gasteiger partial charge in [0.2, 0.25) is 5.95 Å². The van der Waals surface area contributed by atoms with E-state index >= 15 is 0 Å². The molecule has 0 atom stereocenters. The molecule has 2 aliphatic rings. The molecule has 3 heterocycles. The van der Waals surface area contributed by atoms with E-state index in [1.54, 1.807) is 7.11 Å². The lowest BCUT2D eigenvalue weighted by atomic mass is 10.0. The van der Waals surface area contributed by atoms with E-state index in [2.05, 4.69) is 37.6 Å². The third kappa shape index (κ3) is 4.27. The van der Waals surface area contributed by atoms with Crippen LogP contribution < -0.4 is 25.2 Å². The zero-order chi connectivity index (χ0) is 21.0. The Hall–Kier alpha value is -3.32. The molecule has 2 aliphatic heterocycles. The standard InChI is InChI=1S/C24H28N6O/c1-31-22-9-7-20(8-10-22)29-16-18-15-26-24(27-19-5-3-2-4-6-19)28-23(18)30(17-29)21-11-13-25-14-12-21/h2-10,15,21,25H,11-14,16-17H2,1H3,(H,26,27,28). The summed E-state index contributed by atoms with van der Waals surface area (Å²) in [5.41, 5.74) is 3.32. The summed E-state index contributed by atoms with van der Waals surface area (Å²) in [4.78, 5) is 14.4. The highest BCUT2D eigenvalue weighted by Gasteiger charge is 2.31. The maximum Gasteiger partial charge on any atom is 0.229 e. The predicted octanol–water partition coefficient (Wildman–Crippen LogP) is 3.76. The number of aromatic nitrogens is 2. The van der Waals surface area contributed by atoms with Crippen molar-refractivity contribution in [3.05, 3.63) is 66.4 Å². The number of rotatable bonds is 5. The number of fused-ring (bicyclic) bond motifs is 1. The van der Waals surface area contributed by atoms with Crippen molar-refractivity contribution in [2.75, 3.05) is 42.0 Å². The SMILES string of the molecule is COc1ccc(N2Cc3cnc(Nc4ccccc4)nc3N(C3CCNCC3)C2)cc1. The van der Waals surface area contributed by atoms with Crippen molar-refractivity contribution in [1.82, 2.24) is 15.3 Å². The summed E-state index contributed by atoms with van der Waals surface area (Å²) in [5, 5.41) is 6.82. The van der Waals surface area contributed by atoms with Gasteiger partial charge in [0.05, 0.1) is 13.8 Å². The second kappa shape index (κ2) is 8.81. The Bertz CT molecular complexity index is 1000. The first-order chi connectivity index (χ1) is 15.3. The number of benzene rings is 2. The van der Waals surface area contributed by atoms with E-state index in [9.17, 15) is 0 Å². The van der Waals surface area contributed by atoms with Crippen molar-refractivity contribution in [2.45, 2.75) is 25.4 Å². The number of piperidine rings is 1. The van der Waals surface area contributed by atoms with Gasteiger partial charge in [-0.15, -0.1) is 0 Å². The van der Waals surface area contributed by atoms with Crippen molar-refractivity contribution >= 4 is 23.1 Å². The quantitative estimate of drug-likeness (QED) is 0.656. The largest absolute Gasteiger partial charge is 0.497 e. The third-order valence-electron chi connectivity index (χ3n) is 6.01. The van der Waals surface area contributed by atoms with Crippen molar-refractivity contribution < 1.29 is 4.74 Å². The molecule has 2 aromatic carbocycles. The van der Waals surface area contributed by atoms with Crippen LogP contribution in [0.4, 0.5) is 23.1 Å². The minimum absolute atomic E-state index is 0.459. The second-order valence-electron chi connectivity index (χ2n) is 8.02. The first-order valence-electron chi connectivity index (χ1n) is 10.8. The number of methoxy groups -OCH3 is 1. The number of anilines is 4. The molecule has 0 spiro atoms. The van der Waals surface area contributed by atoms with E-state index in [1.165, 1.54) is 5.69 Å². The van der Waals surface area contributed by atoms with Crippen LogP contribution in [0.2, 0.25) is 0 Å². The second-order valence-corrected chi connectivity index (χ2v) is 8.02. The minimum atomic E-state index is 0.459. The Morgan fingerprint density at radius 2 is 1.81 bits per heavy atom. The van der Waals surface area contributed by atoms with E-state index in [1.807, 2.05) is 48.7 Å². The lowest BCUT2D eigenvalue weighted by Crippen LogP contribution is -2.51. The molecule has 0 saturated carbocycles. The Balaban J connectivity index is 1.46. The fourth-order valence-corrected chi connectivity index (χ4v) is 4.35. The van der Waals surface area contributed by atoms with E-state index in [-0.39, 0.29) is 0 Å². The summed E-state index contributed by atoms with van der Waals surface area (Å²) in [5.74, 6) is 2.56.